The zero-order chi connectivity index (χ0) is 11.6. The largest absolute Gasteiger partial charge is 0.392 e. The second-order valence-corrected chi connectivity index (χ2v) is 6.61. The summed E-state index contributed by atoms with van der Waals surface area (Å²) in [6, 6.07) is 1.77. The fourth-order valence-corrected chi connectivity index (χ4v) is 3.17. The van der Waals surface area contributed by atoms with Gasteiger partial charge < -0.3 is 10.6 Å². The minimum absolute atomic E-state index is 0.0841. The van der Waals surface area contributed by atoms with Crippen LogP contribution in [0.1, 0.15) is 9.67 Å². The predicted octanol–water partition coefficient (Wildman–Crippen LogP) is 2.63. The van der Waals surface area contributed by atoms with Crippen molar-refractivity contribution >= 4 is 66.3 Å². The quantitative estimate of drug-likeness (QED) is 0.830. The number of carbonyl (C=O) groups is 1. The molecule has 0 saturated heterocycles. The third-order valence-electron chi connectivity index (χ3n) is 1.60. The molecule has 3 nitrogen and oxygen atoms in total. The molecule has 0 aliphatic rings. The van der Waals surface area contributed by atoms with Crippen LogP contribution in [-0.4, -0.2) is 29.4 Å². The lowest BCUT2D eigenvalue weighted by atomic mass is 10.4. The number of nitrogens with two attached hydrogens (primary N) is 1. The van der Waals surface area contributed by atoms with Crippen LogP contribution in [0, 0.1) is 0 Å². The van der Waals surface area contributed by atoms with Crippen LogP contribution < -0.4 is 5.73 Å². The van der Waals surface area contributed by atoms with Crippen molar-refractivity contribution in [2.75, 3.05) is 13.6 Å². The molecule has 1 amide bonds. The highest BCUT2D eigenvalue weighted by molar-refractivity contribution is 9.13. The second-order valence-electron chi connectivity index (χ2n) is 2.86. The fraction of sp³-hybridized carbons (Fsp3) is 0.250. The van der Waals surface area contributed by atoms with Gasteiger partial charge in [0.05, 0.1) is 20.2 Å². The molecule has 0 fully saturated rings. The van der Waals surface area contributed by atoms with Crippen molar-refractivity contribution < 1.29 is 4.79 Å². The van der Waals surface area contributed by atoms with Crippen LogP contribution in [0.2, 0.25) is 0 Å². The van der Waals surface area contributed by atoms with Gasteiger partial charge in [-0.2, -0.15) is 0 Å². The van der Waals surface area contributed by atoms with Gasteiger partial charge in [0, 0.05) is 11.5 Å². The molecule has 15 heavy (non-hydrogen) atoms. The zero-order valence-electron chi connectivity index (χ0n) is 7.79. The Hall–Kier alpha value is 0.0200. The molecule has 2 N–H and O–H groups in total. The number of thiophene rings is 1. The van der Waals surface area contributed by atoms with E-state index in [-0.39, 0.29) is 5.91 Å². The molecule has 0 saturated carbocycles. The summed E-state index contributed by atoms with van der Waals surface area (Å²) in [6.07, 6.45) is 0. The van der Waals surface area contributed by atoms with E-state index in [1.807, 2.05) is 0 Å². The van der Waals surface area contributed by atoms with Crippen LogP contribution in [0.25, 0.3) is 0 Å². The lowest BCUT2D eigenvalue weighted by Gasteiger charge is -2.14. The zero-order valence-corrected chi connectivity index (χ0v) is 12.6. The first-order valence-electron chi connectivity index (χ1n) is 3.90. The Labute approximate surface area is 114 Å². The Balaban J connectivity index is 2.80. The SMILES string of the molecule is CN(CC(N)=S)C(=O)c1cc(Br)c(Br)s1. The molecular weight excluding hydrogens is 364 g/mol. The molecule has 0 unspecified atom stereocenters. The molecule has 1 heterocycles. The Kier molecular flexibility index (Phi) is 4.69. The molecule has 1 aromatic rings. The molecule has 7 heteroatoms. The molecule has 1 aromatic heterocycles. The molecule has 0 aliphatic carbocycles. The van der Waals surface area contributed by atoms with Gasteiger partial charge in [-0.1, -0.05) is 12.2 Å². The maximum atomic E-state index is 11.8. The van der Waals surface area contributed by atoms with E-state index in [4.69, 9.17) is 18.0 Å². The van der Waals surface area contributed by atoms with E-state index in [0.29, 0.717) is 16.4 Å². The highest BCUT2D eigenvalue weighted by Crippen LogP contribution is 2.32. The number of likely N-dealkylation sites (N-methyl/N-ethyl adjacent to an activating group) is 1. The molecule has 0 spiro atoms. The van der Waals surface area contributed by atoms with Crippen LogP contribution in [0.4, 0.5) is 0 Å². The summed E-state index contributed by atoms with van der Waals surface area (Å²) in [5.41, 5.74) is 5.37. The summed E-state index contributed by atoms with van der Waals surface area (Å²) in [5, 5.41) is 0. The van der Waals surface area contributed by atoms with Crippen LogP contribution >= 0.6 is 55.4 Å². The van der Waals surface area contributed by atoms with Gasteiger partial charge in [0.1, 0.15) is 0 Å². The van der Waals surface area contributed by atoms with E-state index in [1.54, 1.807) is 13.1 Å². The maximum absolute atomic E-state index is 11.8. The van der Waals surface area contributed by atoms with Crippen molar-refractivity contribution in [2.45, 2.75) is 0 Å². The van der Waals surface area contributed by atoms with Crippen molar-refractivity contribution in [1.82, 2.24) is 4.90 Å². The number of carbonyl (C=O) groups excluding carboxylic acids is 1. The molecule has 0 atom stereocenters. The van der Waals surface area contributed by atoms with Crippen molar-refractivity contribution in [3.05, 3.63) is 19.2 Å². The summed E-state index contributed by atoms with van der Waals surface area (Å²) >= 11 is 12.8. The number of rotatable bonds is 3. The summed E-state index contributed by atoms with van der Waals surface area (Å²) in [5.74, 6) is -0.0841. The molecule has 0 bridgehead atoms. The maximum Gasteiger partial charge on any atom is 0.264 e. The minimum Gasteiger partial charge on any atom is -0.392 e. The van der Waals surface area contributed by atoms with Gasteiger partial charge in [-0.05, 0) is 37.9 Å². The normalized spacial score (nSPS) is 10.1. The number of hydrogen-bond acceptors (Lipinski definition) is 3. The predicted molar refractivity (Wildman–Crippen MR) is 73.5 cm³/mol. The molecule has 1 rings (SSSR count). The van der Waals surface area contributed by atoms with Crippen molar-refractivity contribution in [1.29, 1.82) is 0 Å². The number of halogens is 2. The van der Waals surface area contributed by atoms with E-state index < -0.39 is 0 Å². The van der Waals surface area contributed by atoms with Gasteiger partial charge in [0.25, 0.3) is 5.91 Å². The average molecular weight is 372 g/mol. The van der Waals surface area contributed by atoms with Crippen molar-refractivity contribution in [3.8, 4) is 0 Å². The lowest BCUT2D eigenvalue weighted by molar-refractivity contribution is 0.0820. The van der Waals surface area contributed by atoms with Gasteiger partial charge in [0.15, 0.2) is 0 Å². The van der Waals surface area contributed by atoms with Gasteiger partial charge in [-0.25, -0.2) is 0 Å². The van der Waals surface area contributed by atoms with E-state index in [9.17, 15) is 4.79 Å². The first-order chi connectivity index (χ1) is 6.91. The van der Waals surface area contributed by atoms with Gasteiger partial charge in [0.2, 0.25) is 0 Å². The number of nitrogens with zero attached hydrogens (tertiary/aromatic N) is 1. The second kappa shape index (κ2) is 5.38. The molecule has 0 radical (unpaired) electrons. The highest BCUT2D eigenvalue weighted by Gasteiger charge is 2.16. The molecule has 82 valence electrons. The Bertz CT molecular complexity index is 386. The van der Waals surface area contributed by atoms with E-state index in [2.05, 4.69) is 31.9 Å². The van der Waals surface area contributed by atoms with E-state index in [0.717, 1.165) is 8.26 Å². The highest BCUT2D eigenvalue weighted by atomic mass is 79.9. The first-order valence-corrected chi connectivity index (χ1v) is 6.71. The van der Waals surface area contributed by atoms with Crippen LogP contribution in [0.5, 0.6) is 0 Å². The van der Waals surface area contributed by atoms with Crippen LogP contribution in [0.15, 0.2) is 14.3 Å². The third-order valence-corrected chi connectivity index (χ3v) is 4.97. The van der Waals surface area contributed by atoms with E-state index in [1.165, 1.54) is 16.2 Å². The summed E-state index contributed by atoms with van der Waals surface area (Å²) in [7, 11) is 1.67. The van der Waals surface area contributed by atoms with Crippen molar-refractivity contribution in [3.63, 3.8) is 0 Å². The minimum atomic E-state index is -0.0841. The van der Waals surface area contributed by atoms with Crippen LogP contribution in [-0.2, 0) is 0 Å². The first kappa shape index (κ1) is 13.1. The molecular formula is C8H8Br2N2OS2. The van der Waals surface area contributed by atoms with Gasteiger partial charge in [-0.3, -0.25) is 4.79 Å². The Morgan fingerprint density at radius 1 is 1.67 bits per heavy atom. The molecule has 0 aromatic carbocycles. The monoisotopic (exact) mass is 370 g/mol. The number of hydrogen-bond donors (Lipinski definition) is 1. The van der Waals surface area contributed by atoms with E-state index >= 15 is 0 Å². The smallest absolute Gasteiger partial charge is 0.264 e. The van der Waals surface area contributed by atoms with Crippen molar-refractivity contribution in [2.24, 2.45) is 5.73 Å². The fourth-order valence-electron chi connectivity index (χ4n) is 0.946. The standard InChI is InChI=1S/C8H8Br2N2OS2/c1-12(3-6(11)14)8(13)5-2-4(9)7(10)15-5/h2H,3H2,1H3,(H2,11,14). The number of amides is 1. The molecule has 0 aliphatic heterocycles. The van der Waals surface area contributed by atoms with Crippen LogP contribution in [0.3, 0.4) is 0 Å². The number of thiocarbonyl (C=S) groups is 1. The topological polar surface area (TPSA) is 46.3 Å². The Morgan fingerprint density at radius 2 is 2.27 bits per heavy atom. The third kappa shape index (κ3) is 3.51. The summed E-state index contributed by atoms with van der Waals surface area (Å²) in [4.78, 5) is 14.3. The lowest BCUT2D eigenvalue weighted by Crippen LogP contribution is -2.34. The summed E-state index contributed by atoms with van der Waals surface area (Å²) in [6.45, 7) is 0.293. The van der Waals surface area contributed by atoms with Gasteiger partial charge in [-0.15, -0.1) is 11.3 Å². The Morgan fingerprint density at radius 3 is 2.67 bits per heavy atom. The average Bonchev–Trinajstić information content (AvgIpc) is 2.44. The van der Waals surface area contributed by atoms with Gasteiger partial charge >= 0.3 is 0 Å². The summed E-state index contributed by atoms with van der Waals surface area (Å²) < 4.78 is 1.77.